The first-order valence-corrected chi connectivity index (χ1v) is 10.5. The van der Waals surface area contributed by atoms with Crippen LogP contribution in [0.1, 0.15) is 31.1 Å². The molecule has 0 spiro atoms. The van der Waals surface area contributed by atoms with Crippen molar-refractivity contribution in [3.63, 3.8) is 0 Å². The Morgan fingerprint density at radius 1 is 0.667 bits per heavy atom. The van der Waals surface area contributed by atoms with Crippen LogP contribution in [0, 0.1) is 0 Å². The highest BCUT2D eigenvalue weighted by Gasteiger charge is 2.41. The van der Waals surface area contributed by atoms with Crippen molar-refractivity contribution in [3.05, 3.63) is 102 Å². The van der Waals surface area contributed by atoms with E-state index >= 15 is 0 Å². The van der Waals surface area contributed by atoms with Crippen molar-refractivity contribution in [1.82, 2.24) is 0 Å². The topological polar surface area (TPSA) is 145 Å². The highest BCUT2D eigenvalue weighted by Crippen LogP contribution is 2.19. The molecule has 0 bridgehead atoms. The van der Waals surface area contributed by atoms with E-state index in [1.807, 2.05) is 0 Å². The van der Waals surface area contributed by atoms with Crippen molar-refractivity contribution >= 4 is 35.5 Å². The molecule has 2 N–H and O–H groups in total. The maximum atomic E-state index is 13.2. The summed E-state index contributed by atoms with van der Waals surface area (Å²) in [4.78, 5) is 62.6. The molecule has 0 saturated heterocycles. The normalized spacial score (nSPS) is 11.9. The number of carbonyl (C=O) groups is 5. The molecule has 36 heavy (non-hydrogen) atoms. The number of para-hydroxylation sites is 1. The molecular weight excluding hydrogens is 470 g/mol. The van der Waals surface area contributed by atoms with Crippen molar-refractivity contribution in [2.75, 3.05) is 12.4 Å². The number of nitrogens with one attached hydrogen (secondary N) is 1. The molecule has 2 atom stereocenters. The zero-order valence-electron chi connectivity index (χ0n) is 19.0. The summed E-state index contributed by atoms with van der Waals surface area (Å²) in [6.07, 6.45) is -4.33. The molecule has 0 heterocycles. The van der Waals surface area contributed by atoms with Crippen LogP contribution in [0.25, 0.3) is 0 Å². The Morgan fingerprint density at radius 3 is 1.64 bits per heavy atom. The number of aliphatic carboxylic acids is 1. The number of methoxy groups -OCH3 is 1. The number of anilines is 1. The van der Waals surface area contributed by atoms with Gasteiger partial charge in [0.2, 0.25) is 12.2 Å². The Kier molecular flexibility index (Phi) is 8.49. The second-order valence-electron chi connectivity index (χ2n) is 7.25. The maximum absolute atomic E-state index is 13.2. The highest BCUT2D eigenvalue weighted by atomic mass is 16.6. The Balaban J connectivity index is 1.95. The molecule has 0 unspecified atom stereocenters. The average molecular weight is 491 g/mol. The minimum Gasteiger partial charge on any atom is -0.478 e. The molecule has 0 radical (unpaired) electrons. The van der Waals surface area contributed by atoms with Crippen LogP contribution in [0.3, 0.4) is 0 Å². The van der Waals surface area contributed by atoms with Gasteiger partial charge >= 0.3 is 23.9 Å². The van der Waals surface area contributed by atoms with Gasteiger partial charge < -0.3 is 24.6 Å². The Labute approximate surface area is 205 Å². The molecular formula is C26H21NO9. The molecule has 0 aliphatic carbocycles. The molecule has 3 aromatic rings. The van der Waals surface area contributed by atoms with Crippen LogP contribution >= 0.6 is 0 Å². The van der Waals surface area contributed by atoms with Crippen molar-refractivity contribution in [2.24, 2.45) is 0 Å². The molecule has 0 fully saturated rings. The lowest BCUT2D eigenvalue weighted by Crippen LogP contribution is -2.48. The number of ether oxygens (including phenoxy) is 3. The van der Waals surface area contributed by atoms with Crippen LogP contribution in [0.15, 0.2) is 84.9 Å². The number of rotatable bonds is 9. The molecule has 0 aromatic heterocycles. The van der Waals surface area contributed by atoms with Gasteiger partial charge in [0.1, 0.15) is 0 Å². The van der Waals surface area contributed by atoms with Gasteiger partial charge in [-0.15, -0.1) is 0 Å². The second kappa shape index (κ2) is 11.9. The monoisotopic (exact) mass is 491 g/mol. The van der Waals surface area contributed by atoms with Crippen molar-refractivity contribution < 1.29 is 43.3 Å². The summed E-state index contributed by atoms with van der Waals surface area (Å²) in [6.45, 7) is 0. The Bertz CT molecular complexity index is 1260. The van der Waals surface area contributed by atoms with Crippen LogP contribution in [0.2, 0.25) is 0 Å². The fraction of sp³-hybridized carbons (Fsp3) is 0.115. The zero-order chi connectivity index (χ0) is 26.1. The van der Waals surface area contributed by atoms with Gasteiger partial charge in [-0.05, 0) is 36.4 Å². The summed E-state index contributed by atoms with van der Waals surface area (Å²) in [7, 11) is 1.15. The van der Waals surface area contributed by atoms with E-state index in [1.165, 1.54) is 60.7 Å². The Hall–Kier alpha value is -4.99. The van der Waals surface area contributed by atoms with E-state index in [-0.39, 0.29) is 22.4 Å². The van der Waals surface area contributed by atoms with Gasteiger partial charge in [-0.2, -0.15) is 0 Å². The SMILES string of the molecule is COC(=O)c1ccccc1NC(=O)[C@@H](OC(=O)c1ccccc1)[C@H](OC(=O)c1ccccc1)C(=O)O. The molecule has 3 aromatic carbocycles. The number of carboxylic acid groups (broad SMARTS) is 1. The van der Waals surface area contributed by atoms with Gasteiger partial charge in [-0.3, -0.25) is 4.79 Å². The van der Waals surface area contributed by atoms with Gasteiger partial charge in [0, 0.05) is 0 Å². The van der Waals surface area contributed by atoms with Crippen molar-refractivity contribution in [1.29, 1.82) is 0 Å². The van der Waals surface area contributed by atoms with E-state index in [0.717, 1.165) is 7.11 Å². The quantitative estimate of drug-likeness (QED) is 0.341. The molecule has 0 aliphatic rings. The van der Waals surface area contributed by atoms with Crippen LogP contribution in [-0.2, 0) is 23.8 Å². The van der Waals surface area contributed by atoms with Gasteiger partial charge in [-0.25, -0.2) is 19.2 Å². The average Bonchev–Trinajstić information content (AvgIpc) is 2.91. The molecule has 1 amide bonds. The van der Waals surface area contributed by atoms with E-state index in [0.29, 0.717) is 0 Å². The van der Waals surface area contributed by atoms with Gasteiger partial charge in [0.05, 0.1) is 29.5 Å². The number of esters is 3. The summed E-state index contributed by atoms with van der Waals surface area (Å²) < 4.78 is 15.0. The van der Waals surface area contributed by atoms with Crippen LogP contribution < -0.4 is 5.32 Å². The lowest BCUT2D eigenvalue weighted by atomic mass is 10.1. The third-order valence-electron chi connectivity index (χ3n) is 4.85. The molecule has 10 nitrogen and oxygen atoms in total. The van der Waals surface area contributed by atoms with Crippen LogP contribution in [-0.4, -0.2) is 54.2 Å². The zero-order valence-corrected chi connectivity index (χ0v) is 19.0. The van der Waals surface area contributed by atoms with Gasteiger partial charge in [0.15, 0.2) is 0 Å². The Morgan fingerprint density at radius 2 is 1.14 bits per heavy atom. The molecule has 0 aliphatic heterocycles. The summed E-state index contributed by atoms with van der Waals surface area (Å²) >= 11 is 0. The number of benzene rings is 3. The molecule has 184 valence electrons. The fourth-order valence-electron chi connectivity index (χ4n) is 3.09. The molecule has 0 saturated carbocycles. The van der Waals surface area contributed by atoms with E-state index in [1.54, 1.807) is 24.3 Å². The smallest absolute Gasteiger partial charge is 0.349 e. The first-order valence-electron chi connectivity index (χ1n) is 10.5. The number of carboxylic acids is 1. The number of amides is 1. The minimum absolute atomic E-state index is 0.0216. The lowest BCUT2D eigenvalue weighted by Gasteiger charge is -2.24. The summed E-state index contributed by atoms with van der Waals surface area (Å²) in [5, 5.41) is 12.2. The van der Waals surface area contributed by atoms with Crippen molar-refractivity contribution in [3.8, 4) is 0 Å². The predicted molar refractivity (Wildman–Crippen MR) is 125 cm³/mol. The van der Waals surface area contributed by atoms with E-state index < -0.39 is 42.0 Å². The molecule has 10 heteroatoms. The fourth-order valence-corrected chi connectivity index (χ4v) is 3.09. The van der Waals surface area contributed by atoms with E-state index in [9.17, 15) is 29.1 Å². The predicted octanol–water partition coefficient (Wildman–Crippen LogP) is 2.95. The standard InChI is InChI=1S/C26H21NO9/c1-34-26(33)18-14-8-9-15-19(18)27-22(28)20(35-24(31)16-10-4-2-5-11-16)21(23(29)30)36-25(32)17-12-6-3-7-13-17/h2-15,20-21H,1H3,(H,27,28)(H,29,30)/t20-,21-/m0/s1. The van der Waals surface area contributed by atoms with Crippen LogP contribution in [0.5, 0.6) is 0 Å². The maximum Gasteiger partial charge on any atom is 0.349 e. The summed E-state index contributed by atoms with van der Waals surface area (Å²) in [5.41, 5.74) is -0.0135. The lowest BCUT2D eigenvalue weighted by molar-refractivity contribution is -0.157. The highest BCUT2D eigenvalue weighted by molar-refractivity contribution is 6.05. The van der Waals surface area contributed by atoms with Gasteiger partial charge in [-0.1, -0.05) is 48.5 Å². The third-order valence-corrected chi connectivity index (χ3v) is 4.85. The number of hydrogen-bond donors (Lipinski definition) is 2. The third kappa shape index (κ3) is 6.32. The second-order valence-corrected chi connectivity index (χ2v) is 7.25. The molecule has 3 rings (SSSR count). The largest absolute Gasteiger partial charge is 0.478 e. The first-order chi connectivity index (χ1) is 17.3. The number of hydrogen-bond acceptors (Lipinski definition) is 8. The summed E-state index contributed by atoms with van der Waals surface area (Å²) in [5.74, 6) is -5.73. The van der Waals surface area contributed by atoms with Crippen molar-refractivity contribution in [2.45, 2.75) is 12.2 Å². The first kappa shape index (κ1) is 25.6. The summed E-state index contributed by atoms with van der Waals surface area (Å²) in [6, 6.07) is 20.8. The van der Waals surface area contributed by atoms with Crippen LogP contribution in [0.4, 0.5) is 5.69 Å². The van der Waals surface area contributed by atoms with E-state index in [2.05, 4.69) is 10.1 Å². The minimum atomic E-state index is -2.21. The van der Waals surface area contributed by atoms with Gasteiger partial charge in [0.25, 0.3) is 5.91 Å². The number of carbonyl (C=O) groups excluding carboxylic acids is 4. The van der Waals surface area contributed by atoms with E-state index in [4.69, 9.17) is 9.47 Å².